The van der Waals surface area contributed by atoms with E-state index in [9.17, 15) is 0 Å². The number of nitrogens with zero attached hydrogens (tertiary/aromatic N) is 1. The van der Waals surface area contributed by atoms with Crippen molar-refractivity contribution in [1.82, 2.24) is 9.88 Å². The third-order valence-electron chi connectivity index (χ3n) is 5.55. The predicted molar refractivity (Wildman–Crippen MR) is 136 cm³/mol. The second-order valence-corrected chi connectivity index (χ2v) is 8.51. The molecule has 4 rings (SSSR count). The van der Waals surface area contributed by atoms with Crippen molar-refractivity contribution in [2.75, 3.05) is 0 Å². The van der Waals surface area contributed by atoms with E-state index in [4.69, 9.17) is 23.2 Å². The Hall–Kier alpha value is -1.97. The zero-order valence-corrected chi connectivity index (χ0v) is 19.9. The molecule has 0 saturated heterocycles. The molecule has 5 heteroatoms. The molecule has 0 fully saturated rings. The van der Waals surface area contributed by atoms with E-state index >= 15 is 0 Å². The quantitative estimate of drug-likeness (QED) is 0.274. The van der Waals surface area contributed by atoms with Crippen LogP contribution in [0.5, 0.6) is 0 Å². The van der Waals surface area contributed by atoms with Gasteiger partial charge in [-0.15, -0.1) is 12.4 Å². The standard InChI is InChI=1S/C26H26Cl2N2.ClH/c1-2-8-25(19-9-4-3-5-10-19)29-16-21-18-30(26-12-7-6-11-23(21)26)17-20-13-14-22(27)15-24(20)28;/h3-7,9-15,18,25,29H,2,8,16-17H2,1H3;1H. The molecule has 1 unspecified atom stereocenters. The Bertz CT molecular complexity index is 1120. The lowest BCUT2D eigenvalue weighted by molar-refractivity contribution is 0.494. The first-order chi connectivity index (χ1) is 14.7. The van der Waals surface area contributed by atoms with Gasteiger partial charge in [0.15, 0.2) is 0 Å². The normalized spacial score (nSPS) is 12.0. The highest BCUT2D eigenvalue weighted by molar-refractivity contribution is 6.35. The molecule has 0 spiro atoms. The third-order valence-corrected chi connectivity index (χ3v) is 6.13. The van der Waals surface area contributed by atoms with Crippen LogP contribution < -0.4 is 5.32 Å². The van der Waals surface area contributed by atoms with Gasteiger partial charge in [-0.05, 0) is 41.3 Å². The van der Waals surface area contributed by atoms with Crippen molar-refractivity contribution in [1.29, 1.82) is 0 Å². The van der Waals surface area contributed by atoms with Crippen LogP contribution in [0.1, 0.15) is 42.5 Å². The lowest BCUT2D eigenvalue weighted by Crippen LogP contribution is -2.20. The Balaban J connectivity index is 0.00000272. The molecule has 0 aliphatic heterocycles. The lowest BCUT2D eigenvalue weighted by Gasteiger charge is -2.18. The fraction of sp³-hybridized carbons (Fsp3) is 0.231. The number of nitrogens with one attached hydrogen (secondary N) is 1. The first-order valence-electron chi connectivity index (χ1n) is 10.4. The van der Waals surface area contributed by atoms with Crippen molar-refractivity contribution in [2.45, 2.75) is 38.9 Å². The highest BCUT2D eigenvalue weighted by Crippen LogP contribution is 2.27. The highest BCUT2D eigenvalue weighted by Gasteiger charge is 2.13. The molecule has 1 heterocycles. The van der Waals surface area contributed by atoms with Crippen LogP contribution in [-0.2, 0) is 13.1 Å². The Morgan fingerprint density at radius 3 is 2.39 bits per heavy atom. The van der Waals surface area contributed by atoms with Crippen molar-refractivity contribution >= 4 is 46.5 Å². The molecule has 0 saturated carbocycles. The van der Waals surface area contributed by atoms with Gasteiger partial charge in [-0.1, -0.05) is 91.1 Å². The number of rotatable bonds is 8. The Morgan fingerprint density at radius 2 is 1.65 bits per heavy atom. The predicted octanol–water partition coefficient (Wildman–Crippen LogP) is 8.05. The summed E-state index contributed by atoms with van der Waals surface area (Å²) >= 11 is 12.5. The van der Waals surface area contributed by atoms with E-state index in [0.29, 0.717) is 22.6 Å². The number of para-hydroxylation sites is 1. The van der Waals surface area contributed by atoms with Gasteiger partial charge in [0.25, 0.3) is 0 Å². The first kappa shape index (κ1) is 23.7. The van der Waals surface area contributed by atoms with Gasteiger partial charge in [-0.2, -0.15) is 0 Å². The molecule has 1 N–H and O–H groups in total. The average molecular weight is 474 g/mol. The van der Waals surface area contributed by atoms with Gasteiger partial charge < -0.3 is 9.88 Å². The van der Waals surface area contributed by atoms with Crippen LogP contribution in [0, 0.1) is 0 Å². The summed E-state index contributed by atoms with van der Waals surface area (Å²) in [5.74, 6) is 0. The SMILES string of the molecule is CCCC(NCc1cn(Cc2ccc(Cl)cc2Cl)c2ccccc12)c1ccccc1.Cl. The minimum atomic E-state index is 0. The smallest absolute Gasteiger partial charge is 0.0491 e. The molecule has 2 nitrogen and oxygen atoms in total. The maximum absolute atomic E-state index is 6.43. The fourth-order valence-electron chi connectivity index (χ4n) is 4.02. The monoisotopic (exact) mass is 472 g/mol. The van der Waals surface area contributed by atoms with Crippen LogP contribution in [0.4, 0.5) is 0 Å². The van der Waals surface area contributed by atoms with Gasteiger partial charge in [0.1, 0.15) is 0 Å². The number of benzene rings is 3. The maximum atomic E-state index is 6.43. The summed E-state index contributed by atoms with van der Waals surface area (Å²) in [7, 11) is 0. The van der Waals surface area contributed by atoms with E-state index in [0.717, 1.165) is 24.9 Å². The topological polar surface area (TPSA) is 17.0 Å². The summed E-state index contributed by atoms with van der Waals surface area (Å²) in [6, 6.07) is 25.3. The average Bonchev–Trinajstić information content (AvgIpc) is 3.11. The molecule has 0 aliphatic rings. The van der Waals surface area contributed by atoms with E-state index in [1.165, 1.54) is 22.0 Å². The first-order valence-corrected chi connectivity index (χ1v) is 11.2. The Labute approximate surface area is 200 Å². The van der Waals surface area contributed by atoms with E-state index in [1.807, 2.05) is 18.2 Å². The Morgan fingerprint density at radius 1 is 0.903 bits per heavy atom. The molecule has 0 aliphatic carbocycles. The molecule has 31 heavy (non-hydrogen) atoms. The van der Waals surface area contributed by atoms with E-state index in [1.54, 1.807) is 0 Å². The number of aromatic nitrogens is 1. The molecular formula is C26H27Cl3N2. The molecular weight excluding hydrogens is 447 g/mol. The zero-order valence-electron chi connectivity index (χ0n) is 17.5. The number of fused-ring (bicyclic) bond motifs is 1. The summed E-state index contributed by atoms with van der Waals surface area (Å²) in [5.41, 5.74) is 4.92. The van der Waals surface area contributed by atoms with Crippen molar-refractivity contribution in [2.24, 2.45) is 0 Å². The van der Waals surface area contributed by atoms with Crippen molar-refractivity contribution in [3.8, 4) is 0 Å². The second kappa shape index (κ2) is 11.1. The second-order valence-electron chi connectivity index (χ2n) is 7.67. The van der Waals surface area contributed by atoms with Crippen LogP contribution in [0.3, 0.4) is 0 Å². The molecule has 1 aromatic heterocycles. The Kier molecular flexibility index (Phi) is 8.45. The van der Waals surface area contributed by atoms with Gasteiger partial charge in [-0.3, -0.25) is 0 Å². The molecule has 0 radical (unpaired) electrons. The van der Waals surface area contributed by atoms with Crippen molar-refractivity contribution in [3.05, 3.63) is 106 Å². The van der Waals surface area contributed by atoms with E-state index < -0.39 is 0 Å². The van der Waals surface area contributed by atoms with Crippen LogP contribution in [0.15, 0.2) is 79.0 Å². The highest BCUT2D eigenvalue weighted by atomic mass is 35.5. The largest absolute Gasteiger partial charge is 0.343 e. The summed E-state index contributed by atoms with van der Waals surface area (Å²) in [6.45, 7) is 3.77. The molecule has 162 valence electrons. The number of hydrogen-bond donors (Lipinski definition) is 1. The van der Waals surface area contributed by atoms with Crippen molar-refractivity contribution in [3.63, 3.8) is 0 Å². The van der Waals surface area contributed by atoms with Gasteiger partial charge in [-0.25, -0.2) is 0 Å². The summed E-state index contributed by atoms with van der Waals surface area (Å²) in [6.07, 6.45) is 4.50. The molecule has 0 amide bonds. The van der Waals surface area contributed by atoms with Crippen LogP contribution in [-0.4, -0.2) is 4.57 Å². The minimum absolute atomic E-state index is 0. The number of halogens is 3. The number of hydrogen-bond acceptors (Lipinski definition) is 1. The fourth-order valence-corrected chi connectivity index (χ4v) is 4.49. The maximum Gasteiger partial charge on any atom is 0.0491 e. The van der Waals surface area contributed by atoms with Crippen molar-refractivity contribution < 1.29 is 0 Å². The van der Waals surface area contributed by atoms with Crippen LogP contribution in [0.25, 0.3) is 10.9 Å². The molecule has 0 bridgehead atoms. The third kappa shape index (κ3) is 5.64. The molecule has 3 aromatic carbocycles. The van der Waals surface area contributed by atoms with Gasteiger partial charge in [0, 0.05) is 46.3 Å². The zero-order chi connectivity index (χ0) is 20.9. The van der Waals surface area contributed by atoms with E-state index in [-0.39, 0.29) is 12.4 Å². The summed E-state index contributed by atoms with van der Waals surface area (Å²) in [5, 5.41) is 6.42. The summed E-state index contributed by atoms with van der Waals surface area (Å²) < 4.78 is 2.28. The molecule has 4 aromatic rings. The summed E-state index contributed by atoms with van der Waals surface area (Å²) in [4.78, 5) is 0. The van der Waals surface area contributed by atoms with Gasteiger partial charge >= 0.3 is 0 Å². The van der Waals surface area contributed by atoms with E-state index in [2.05, 4.69) is 77.6 Å². The van der Waals surface area contributed by atoms with Crippen LogP contribution in [0.2, 0.25) is 10.0 Å². The van der Waals surface area contributed by atoms with Gasteiger partial charge in [0.05, 0.1) is 0 Å². The minimum Gasteiger partial charge on any atom is -0.343 e. The molecule has 1 atom stereocenters. The van der Waals surface area contributed by atoms with Gasteiger partial charge in [0.2, 0.25) is 0 Å². The lowest BCUT2D eigenvalue weighted by atomic mass is 10.0. The van der Waals surface area contributed by atoms with Crippen LogP contribution >= 0.6 is 35.6 Å².